The minimum absolute atomic E-state index is 0.148. The Kier molecular flexibility index (Phi) is 1.68. The molecule has 3 rings (SSSR count). The molecule has 2 aliphatic heterocycles. The highest BCUT2D eigenvalue weighted by molar-refractivity contribution is 4.73. The highest BCUT2D eigenvalue weighted by Crippen LogP contribution is 2.10. The van der Waals surface area contributed by atoms with Crippen molar-refractivity contribution in [2.75, 3.05) is 13.2 Å². The number of epoxide rings is 2. The number of tetrazole rings is 1. The monoisotopic (exact) mass is 198 g/mol. The van der Waals surface area contributed by atoms with Gasteiger partial charge in [-0.2, -0.15) is 9.36 Å². The fourth-order valence-corrected chi connectivity index (χ4v) is 1.27. The van der Waals surface area contributed by atoms with Crippen molar-refractivity contribution in [3.05, 3.63) is 10.5 Å². The minimum Gasteiger partial charge on any atom is -0.371 e. The molecule has 7 nitrogen and oxygen atoms in total. The zero-order valence-corrected chi connectivity index (χ0v) is 7.50. The van der Waals surface area contributed by atoms with Crippen LogP contribution in [0, 0.1) is 0 Å². The fourth-order valence-electron chi connectivity index (χ4n) is 1.27. The SMILES string of the molecule is O=c1n(C[C@@H]2CO2)nnn1C[C@@H]1CO1. The van der Waals surface area contributed by atoms with Crippen molar-refractivity contribution in [1.82, 2.24) is 19.8 Å². The van der Waals surface area contributed by atoms with Gasteiger partial charge in [0.2, 0.25) is 0 Å². The molecule has 0 amide bonds. The summed E-state index contributed by atoms with van der Waals surface area (Å²) in [6.45, 7) is 2.44. The average Bonchev–Trinajstić information content (AvgIpc) is 3.03. The van der Waals surface area contributed by atoms with Crippen LogP contribution in [0.5, 0.6) is 0 Å². The molecule has 2 saturated heterocycles. The molecule has 3 heterocycles. The molecule has 0 N–H and O–H groups in total. The van der Waals surface area contributed by atoms with E-state index in [1.807, 2.05) is 0 Å². The first-order valence-electron chi connectivity index (χ1n) is 4.57. The molecule has 14 heavy (non-hydrogen) atoms. The maximum Gasteiger partial charge on any atom is 0.363 e. The van der Waals surface area contributed by atoms with Crippen molar-refractivity contribution < 1.29 is 9.47 Å². The van der Waals surface area contributed by atoms with Gasteiger partial charge in [-0.1, -0.05) is 0 Å². The second-order valence-corrected chi connectivity index (χ2v) is 3.54. The summed E-state index contributed by atoms with van der Waals surface area (Å²) in [5.74, 6) is 0. The van der Waals surface area contributed by atoms with Gasteiger partial charge in [-0.3, -0.25) is 0 Å². The van der Waals surface area contributed by atoms with E-state index in [2.05, 4.69) is 10.4 Å². The van der Waals surface area contributed by atoms with E-state index in [0.29, 0.717) is 26.3 Å². The van der Waals surface area contributed by atoms with E-state index < -0.39 is 0 Å². The molecule has 0 bridgehead atoms. The van der Waals surface area contributed by atoms with E-state index in [0.717, 1.165) is 0 Å². The maximum absolute atomic E-state index is 11.6. The first-order valence-corrected chi connectivity index (χ1v) is 4.57. The number of aromatic nitrogens is 4. The average molecular weight is 198 g/mol. The van der Waals surface area contributed by atoms with Gasteiger partial charge in [-0.05, 0) is 10.4 Å². The third-order valence-corrected chi connectivity index (χ3v) is 2.26. The second kappa shape index (κ2) is 2.89. The Morgan fingerprint density at radius 2 is 1.57 bits per heavy atom. The van der Waals surface area contributed by atoms with Crippen LogP contribution in [-0.4, -0.2) is 45.2 Å². The van der Waals surface area contributed by atoms with E-state index >= 15 is 0 Å². The molecule has 2 aliphatic rings. The van der Waals surface area contributed by atoms with Gasteiger partial charge < -0.3 is 9.47 Å². The quantitative estimate of drug-likeness (QED) is 0.535. The molecule has 76 valence electrons. The third-order valence-electron chi connectivity index (χ3n) is 2.26. The van der Waals surface area contributed by atoms with E-state index in [-0.39, 0.29) is 17.9 Å². The predicted molar refractivity (Wildman–Crippen MR) is 43.8 cm³/mol. The van der Waals surface area contributed by atoms with Gasteiger partial charge in [0.15, 0.2) is 0 Å². The second-order valence-electron chi connectivity index (χ2n) is 3.54. The van der Waals surface area contributed by atoms with Crippen LogP contribution in [0.3, 0.4) is 0 Å². The standard InChI is InChI=1S/C7H10N4O3/c12-7-10(1-5-3-13-5)8-9-11(7)2-6-4-14-6/h5-6H,1-4H2/t5-,6-/m1/s1. The minimum atomic E-state index is -0.184. The number of rotatable bonds is 4. The summed E-state index contributed by atoms with van der Waals surface area (Å²) in [5.41, 5.74) is -0.184. The largest absolute Gasteiger partial charge is 0.371 e. The van der Waals surface area contributed by atoms with Crippen molar-refractivity contribution >= 4 is 0 Å². The summed E-state index contributed by atoms with van der Waals surface area (Å²) in [4.78, 5) is 11.6. The van der Waals surface area contributed by atoms with Crippen LogP contribution in [0.4, 0.5) is 0 Å². The number of ether oxygens (including phenoxy) is 2. The van der Waals surface area contributed by atoms with Crippen LogP contribution in [0.1, 0.15) is 0 Å². The van der Waals surface area contributed by atoms with Crippen LogP contribution in [0.2, 0.25) is 0 Å². The summed E-state index contributed by atoms with van der Waals surface area (Å²) in [6, 6.07) is 0. The topological polar surface area (TPSA) is 77.8 Å². The van der Waals surface area contributed by atoms with Crippen molar-refractivity contribution in [3.63, 3.8) is 0 Å². The Hall–Kier alpha value is -1.21. The Bertz CT molecular complexity index is 355. The molecule has 0 unspecified atom stereocenters. The highest BCUT2D eigenvalue weighted by Gasteiger charge is 2.27. The zero-order valence-electron chi connectivity index (χ0n) is 7.50. The molecular formula is C7H10N4O3. The number of hydrogen-bond acceptors (Lipinski definition) is 5. The molecule has 2 atom stereocenters. The van der Waals surface area contributed by atoms with Crippen LogP contribution >= 0.6 is 0 Å². The van der Waals surface area contributed by atoms with E-state index in [1.54, 1.807) is 0 Å². The van der Waals surface area contributed by atoms with Crippen molar-refractivity contribution in [3.8, 4) is 0 Å². The first-order chi connectivity index (χ1) is 6.83. The summed E-state index contributed by atoms with van der Waals surface area (Å²) in [5, 5.41) is 7.52. The van der Waals surface area contributed by atoms with E-state index in [4.69, 9.17) is 9.47 Å². The summed E-state index contributed by atoms with van der Waals surface area (Å²) in [6.07, 6.45) is 0.296. The molecule has 1 aromatic rings. The zero-order chi connectivity index (χ0) is 9.54. The first kappa shape index (κ1) is 8.13. The van der Waals surface area contributed by atoms with E-state index in [9.17, 15) is 4.79 Å². The van der Waals surface area contributed by atoms with Gasteiger partial charge in [0.1, 0.15) is 12.2 Å². The summed E-state index contributed by atoms with van der Waals surface area (Å²) in [7, 11) is 0. The Labute approximate surface area is 79.2 Å². The van der Waals surface area contributed by atoms with Gasteiger partial charge in [-0.25, -0.2) is 4.79 Å². The maximum atomic E-state index is 11.6. The highest BCUT2D eigenvalue weighted by atomic mass is 16.6. The molecular weight excluding hydrogens is 188 g/mol. The Balaban J connectivity index is 1.75. The molecule has 0 saturated carbocycles. The van der Waals surface area contributed by atoms with Gasteiger partial charge in [-0.15, -0.1) is 0 Å². The molecule has 7 heteroatoms. The van der Waals surface area contributed by atoms with Gasteiger partial charge >= 0.3 is 5.69 Å². The number of nitrogens with zero attached hydrogens (tertiary/aromatic N) is 4. The normalized spacial score (nSPS) is 29.1. The lowest BCUT2D eigenvalue weighted by Gasteiger charge is -1.92. The van der Waals surface area contributed by atoms with Crippen LogP contribution in [0.15, 0.2) is 4.79 Å². The van der Waals surface area contributed by atoms with Gasteiger partial charge in [0, 0.05) is 0 Å². The van der Waals surface area contributed by atoms with Crippen LogP contribution < -0.4 is 5.69 Å². The summed E-state index contributed by atoms with van der Waals surface area (Å²) >= 11 is 0. The molecule has 0 radical (unpaired) electrons. The third kappa shape index (κ3) is 1.55. The van der Waals surface area contributed by atoms with Crippen molar-refractivity contribution in [2.24, 2.45) is 0 Å². The van der Waals surface area contributed by atoms with Crippen molar-refractivity contribution in [2.45, 2.75) is 25.3 Å². The Morgan fingerprint density at radius 3 is 1.93 bits per heavy atom. The lowest BCUT2D eigenvalue weighted by Crippen LogP contribution is -2.28. The van der Waals surface area contributed by atoms with Crippen LogP contribution in [0.25, 0.3) is 0 Å². The molecule has 0 spiro atoms. The fraction of sp³-hybridized carbons (Fsp3) is 0.857. The van der Waals surface area contributed by atoms with Gasteiger partial charge in [0.25, 0.3) is 0 Å². The van der Waals surface area contributed by atoms with Gasteiger partial charge in [0.05, 0.1) is 26.3 Å². The van der Waals surface area contributed by atoms with Crippen LogP contribution in [-0.2, 0) is 22.6 Å². The Morgan fingerprint density at radius 1 is 1.14 bits per heavy atom. The smallest absolute Gasteiger partial charge is 0.363 e. The van der Waals surface area contributed by atoms with E-state index in [1.165, 1.54) is 9.36 Å². The summed E-state index contributed by atoms with van der Waals surface area (Å²) < 4.78 is 12.7. The molecule has 1 aromatic heterocycles. The predicted octanol–water partition coefficient (Wildman–Crippen LogP) is -1.76. The van der Waals surface area contributed by atoms with Crippen molar-refractivity contribution in [1.29, 1.82) is 0 Å². The molecule has 2 fully saturated rings. The lowest BCUT2D eigenvalue weighted by atomic mass is 10.5. The molecule has 0 aromatic carbocycles. The number of hydrogen-bond donors (Lipinski definition) is 0. The lowest BCUT2D eigenvalue weighted by molar-refractivity contribution is 0.363. The molecule has 0 aliphatic carbocycles.